The molecule has 0 amide bonds. The van der Waals surface area contributed by atoms with E-state index < -0.39 is 0 Å². The Labute approximate surface area is 60.3 Å². The van der Waals surface area contributed by atoms with Gasteiger partial charge in [-0.15, -0.1) is 0 Å². The quantitative estimate of drug-likeness (QED) is 0.496. The molecule has 1 aromatic rings. The van der Waals surface area contributed by atoms with Crippen LogP contribution in [0.4, 0.5) is 0 Å². The first-order valence-corrected chi connectivity index (χ1v) is 3.19. The highest BCUT2D eigenvalue weighted by Crippen LogP contribution is 1.82. The molecule has 1 heterocycles. The van der Waals surface area contributed by atoms with Gasteiger partial charge in [-0.2, -0.15) is 0 Å². The second kappa shape index (κ2) is 3.62. The average molecular weight is 132 g/mol. The number of rotatable bonds is 0. The molecule has 0 radical (unpaired) electrons. The monoisotopic (exact) mass is 132 g/mol. The van der Waals surface area contributed by atoms with E-state index in [1.165, 1.54) is 0 Å². The van der Waals surface area contributed by atoms with Gasteiger partial charge in [-0.25, -0.2) is 9.97 Å². The minimum Gasteiger partial charge on any atom is -0.229 e. The predicted octanol–water partition coefficient (Wildman–Crippen LogP) is 1.24. The van der Waals surface area contributed by atoms with E-state index in [1.54, 1.807) is 18.5 Å². The fraction of sp³-hybridized carbons (Fsp3) is 0.250. The van der Waals surface area contributed by atoms with Gasteiger partial charge in [0.15, 0.2) is 0 Å². The van der Waals surface area contributed by atoms with Crippen LogP contribution in [0.1, 0.15) is 19.2 Å². The molecule has 2 heteroatoms. The highest BCUT2D eigenvalue weighted by molar-refractivity contribution is 5.18. The van der Waals surface area contributed by atoms with Gasteiger partial charge in [0.1, 0.15) is 0 Å². The lowest BCUT2D eigenvalue weighted by atomic mass is 10.4. The van der Waals surface area contributed by atoms with Crippen molar-refractivity contribution in [2.24, 2.45) is 0 Å². The summed E-state index contributed by atoms with van der Waals surface area (Å²) in [6.45, 7) is 2.00. The molecule has 0 atom stereocenters. The van der Waals surface area contributed by atoms with E-state index in [2.05, 4.69) is 21.8 Å². The number of hydrogen-bond donors (Lipinski definition) is 0. The minimum atomic E-state index is 0.601. The molecule has 0 fully saturated rings. The van der Waals surface area contributed by atoms with E-state index in [4.69, 9.17) is 0 Å². The van der Waals surface area contributed by atoms with Crippen molar-refractivity contribution in [3.05, 3.63) is 24.3 Å². The molecule has 0 aliphatic heterocycles. The van der Waals surface area contributed by atoms with Crippen LogP contribution in [0.3, 0.4) is 0 Å². The molecule has 2 nitrogen and oxygen atoms in total. The molecule has 0 N–H and O–H groups in total. The molecule has 0 aromatic carbocycles. The molecule has 0 aliphatic rings. The van der Waals surface area contributed by atoms with Gasteiger partial charge in [0, 0.05) is 18.8 Å². The molecule has 0 bridgehead atoms. The lowest BCUT2D eigenvalue weighted by Crippen LogP contribution is -1.83. The van der Waals surface area contributed by atoms with Crippen LogP contribution in [-0.4, -0.2) is 9.97 Å². The van der Waals surface area contributed by atoms with Gasteiger partial charge in [0.05, 0.1) is 0 Å². The maximum Gasteiger partial charge on any atom is 0.204 e. The van der Waals surface area contributed by atoms with Crippen molar-refractivity contribution in [3.63, 3.8) is 0 Å². The third-order valence-electron chi connectivity index (χ3n) is 0.943. The zero-order valence-corrected chi connectivity index (χ0v) is 5.83. The van der Waals surface area contributed by atoms with Crippen LogP contribution in [0, 0.1) is 11.8 Å². The summed E-state index contributed by atoms with van der Waals surface area (Å²) in [7, 11) is 0. The third-order valence-corrected chi connectivity index (χ3v) is 0.943. The minimum absolute atomic E-state index is 0.601. The van der Waals surface area contributed by atoms with Crippen LogP contribution in [-0.2, 0) is 0 Å². The molecule has 0 spiro atoms. The lowest BCUT2D eigenvalue weighted by Gasteiger charge is -1.82. The maximum atomic E-state index is 3.93. The van der Waals surface area contributed by atoms with Gasteiger partial charge in [0.25, 0.3) is 0 Å². The fourth-order valence-corrected chi connectivity index (χ4v) is 0.531. The largest absolute Gasteiger partial charge is 0.229 e. The zero-order valence-electron chi connectivity index (χ0n) is 5.83. The summed E-state index contributed by atoms with van der Waals surface area (Å²) < 4.78 is 0. The molecule has 0 saturated heterocycles. The van der Waals surface area contributed by atoms with Gasteiger partial charge < -0.3 is 0 Å². The summed E-state index contributed by atoms with van der Waals surface area (Å²) in [5.41, 5.74) is 0. The second-order valence-electron chi connectivity index (χ2n) is 1.73. The molecule has 1 rings (SSSR count). The summed E-state index contributed by atoms with van der Waals surface area (Å²) in [6, 6.07) is 1.77. The Bertz CT molecular complexity index is 243. The zero-order chi connectivity index (χ0) is 7.23. The van der Waals surface area contributed by atoms with Gasteiger partial charge in [-0.3, -0.25) is 0 Å². The molecule has 50 valence electrons. The van der Waals surface area contributed by atoms with E-state index in [0.717, 1.165) is 6.42 Å². The van der Waals surface area contributed by atoms with E-state index >= 15 is 0 Å². The summed E-state index contributed by atoms with van der Waals surface area (Å²) in [4.78, 5) is 7.86. The third kappa shape index (κ3) is 1.87. The first kappa shape index (κ1) is 6.76. The average Bonchev–Trinajstić information content (AvgIpc) is 2.03. The molecule has 0 saturated carbocycles. The van der Waals surface area contributed by atoms with Crippen molar-refractivity contribution in [3.8, 4) is 11.8 Å². The molecular formula is C8H8N2. The van der Waals surface area contributed by atoms with Crippen LogP contribution in [0.2, 0.25) is 0 Å². The highest BCUT2D eigenvalue weighted by Gasteiger charge is 1.81. The molecule has 10 heavy (non-hydrogen) atoms. The topological polar surface area (TPSA) is 25.8 Å². The molecule has 0 aliphatic carbocycles. The number of aromatic nitrogens is 2. The Morgan fingerprint density at radius 1 is 1.40 bits per heavy atom. The van der Waals surface area contributed by atoms with Crippen LogP contribution >= 0.6 is 0 Å². The van der Waals surface area contributed by atoms with Gasteiger partial charge in [-0.1, -0.05) is 12.8 Å². The summed E-state index contributed by atoms with van der Waals surface area (Å²) >= 11 is 0. The predicted molar refractivity (Wildman–Crippen MR) is 39.2 cm³/mol. The Morgan fingerprint density at radius 3 is 2.70 bits per heavy atom. The van der Waals surface area contributed by atoms with Crippen LogP contribution in [0.15, 0.2) is 18.5 Å². The van der Waals surface area contributed by atoms with Crippen molar-refractivity contribution in [2.75, 3.05) is 0 Å². The Balaban J connectivity index is 2.76. The van der Waals surface area contributed by atoms with Gasteiger partial charge >= 0.3 is 0 Å². The summed E-state index contributed by atoms with van der Waals surface area (Å²) in [5.74, 6) is 6.31. The Morgan fingerprint density at radius 2 is 2.10 bits per heavy atom. The first-order chi connectivity index (χ1) is 4.93. The van der Waals surface area contributed by atoms with E-state index in [-0.39, 0.29) is 0 Å². The number of nitrogens with zero attached hydrogens (tertiary/aromatic N) is 2. The van der Waals surface area contributed by atoms with E-state index in [0.29, 0.717) is 5.82 Å². The van der Waals surface area contributed by atoms with Crippen molar-refractivity contribution in [1.29, 1.82) is 0 Å². The summed E-state index contributed by atoms with van der Waals surface area (Å²) in [6.07, 6.45) is 4.22. The van der Waals surface area contributed by atoms with Crippen molar-refractivity contribution >= 4 is 0 Å². The van der Waals surface area contributed by atoms with Crippen molar-refractivity contribution < 1.29 is 0 Å². The van der Waals surface area contributed by atoms with E-state index in [1.807, 2.05) is 6.92 Å². The van der Waals surface area contributed by atoms with Crippen molar-refractivity contribution in [1.82, 2.24) is 9.97 Å². The van der Waals surface area contributed by atoms with Gasteiger partial charge in [-0.05, 0) is 12.0 Å². The SMILES string of the molecule is CCC#Cc1ncccn1. The normalized spacial score (nSPS) is 8.10. The molecular weight excluding hydrogens is 124 g/mol. The smallest absolute Gasteiger partial charge is 0.204 e. The Kier molecular flexibility index (Phi) is 2.45. The van der Waals surface area contributed by atoms with Gasteiger partial charge in [0.2, 0.25) is 5.82 Å². The lowest BCUT2D eigenvalue weighted by molar-refractivity contribution is 1.12. The van der Waals surface area contributed by atoms with E-state index in [9.17, 15) is 0 Å². The number of hydrogen-bond acceptors (Lipinski definition) is 2. The molecule has 0 unspecified atom stereocenters. The van der Waals surface area contributed by atoms with Crippen LogP contribution in [0.25, 0.3) is 0 Å². The second-order valence-corrected chi connectivity index (χ2v) is 1.73. The Hall–Kier alpha value is -1.36. The van der Waals surface area contributed by atoms with Crippen LogP contribution < -0.4 is 0 Å². The van der Waals surface area contributed by atoms with Crippen molar-refractivity contribution in [2.45, 2.75) is 13.3 Å². The molecule has 1 aromatic heterocycles. The fourth-order valence-electron chi connectivity index (χ4n) is 0.531. The summed E-state index contributed by atoms with van der Waals surface area (Å²) in [5, 5.41) is 0. The highest BCUT2D eigenvalue weighted by atomic mass is 14.8. The first-order valence-electron chi connectivity index (χ1n) is 3.19. The maximum absolute atomic E-state index is 3.93. The van der Waals surface area contributed by atoms with Crippen LogP contribution in [0.5, 0.6) is 0 Å². The standard InChI is InChI=1S/C8H8N2/c1-2-3-5-8-9-6-4-7-10-8/h4,6-7H,2H2,1H3.